The Balaban J connectivity index is 2.52. The molecule has 0 saturated heterocycles. The average molecular weight is 296 g/mol. The molecule has 0 aliphatic rings. The number of pyridine rings is 1. The van der Waals surface area contributed by atoms with Gasteiger partial charge in [-0.3, -0.25) is 9.78 Å². The molecule has 1 unspecified atom stereocenters. The van der Waals surface area contributed by atoms with Crippen molar-refractivity contribution in [3.8, 4) is 6.07 Å². The smallest absolute Gasteiger partial charge is 0.314 e. The molecule has 0 N–H and O–H groups in total. The summed E-state index contributed by atoms with van der Waals surface area (Å²) in [6.45, 7) is 7.41. The SMILES string of the molecule is CCC(C(=O)OC(C)(C)C)c1cnc2ccccc2c1C#N. The normalized spacial score (nSPS) is 12.7. The van der Waals surface area contributed by atoms with E-state index in [9.17, 15) is 10.1 Å². The Hall–Kier alpha value is -2.41. The van der Waals surface area contributed by atoms with Gasteiger partial charge in [0.2, 0.25) is 0 Å². The summed E-state index contributed by atoms with van der Waals surface area (Å²) in [4.78, 5) is 16.8. The van der Waals surface area contributed by atoms with E-state index in [1.54, 1.807) is 6.20 Å². The Kier molecular flexibility index (Phi) is 4.46. The van der Waals surface area contributed by atoms with Gasteiger partial charge in [0.05, 0.1) is 17.0 Å². The monoisotopic (exact) mass is 296 g/mol. The van der Waals surface area contributed by atoms with Gasteiger partial charge in [0.15, 0.2) is 0 Å². The molecule has 0 aliphatic carbocycles. The first kappa shape index (κ1) is 16.0. The first-order chi connectivity index (χ1) is 10.4. The van der Waals surface area contributed by atoms with Crippen molar-refractivity contribution in [1.29, 1.82) is 5.26 Å². The van der Waals surface area contributed by atoms with Crippen LogP contribution < -0.4 is 0 Å². The molecule has 0 bridgehead atoms. The van der Waals surface area contributed by atoms with Gasteiger partial charge in [-0.2, -0.15) is 5.26 Å². The van der Waals surface area contributed by atoms with Gasteiger partial charge < -0.3 is 4.74 Å². The second kappa shape index (κ2) is 6.15. The summed E-state index contributed by atoms with van der Waals surface area (Å²) in [5.41, 5.74) is 1.34. The molecule has 1 aromatic heterocycles. The van der Waals surface area contributed by atoms with Crippen LogP contribution in [0.1, 0.15) is 51.2 Å². The highest BCUT2D eigenvalue weighted by Crippen LogP contribution is 2.29. The summed E-state index contributed by atoms with van der Waals surface area (Å²) < 4.78 is 5.48. The van der Waals surface area contributed by atoms with Crippen LogP contribution in [0.15, 0.2) is 30.5 Å². The first-order valence-electron chi connectivity index (χ1n) is 7.38. The average Bonchev–Trinajstić information content (AvgIpc) is 2.45. The number of carbonyl (C=O) groups excluding carboxylic acids is 1. The Labute approximate surface area is 130 Å². The van der Waals surface area contributed by atoms with Crippen molar-refractivity contribution in [2.45, 2.75) is 45.6 Å². The van der Waals surface area contributed by atoms with E-state index in [2.05, 4.69) is 11.1 Å². The largest absolute Gasteiger partial charge is 0.459 e. The number of para-hydroxylation sites is 1. The quantitative estimate of drug-likeness (QED) is 0.805. The zero-order valence-electron chi connectivity index (χ0n) is 13.4. The lowest BCUT2D eigenvalue weighted by atomic mass is 9.91. The van der Waals surface area contributed by atoms with Crippen LogP contribution in [0.3, 0.4) is 0 Å². The van der Waals surface area contributed by atoms with Gasteiger partial charge in [-0.05, 0) is 33.3 Å². The maximum atomic E-state index is 12.4. The molecule has 4 nitrogen and oxygen atoms in total. The Bertz CT molecular complexity index is 739. The number of ether oxygens (including phenoxy) is 1. The molecule has 0 fully saturated rings. The minimum absolute atomic E-state index is 0.316. The fourth-order valence-electron chi connectivity index (χ4n) is 2.43. The van der Waals surface area contributed by atoms with E-state index in [4.69, 9.17) is 4.74 Å². The molecule has 1 aromatic carbocycles. The lowest BCUT2D eigenvalue weighted by Crippen LogP contribution is -2.28. The molecule has 0 spiro atoms. The molecule has 0 radical (unpaired) electrons. The van der Waals surface area contributed by atoms with E-state index in [1.807, 2.05) is 52.0 Å². The number of rotatable bonds is 3. The summed E-state index contributed by atoms with van der Waals surface area (Å²) in [6, 6.07) is 9.67. The molecular formula is C18H20N2O2. The number of nitriles is 1. The summed E-state index contributed by atoms with van der Waals surface area (Å²) in [7, 11) is 0. The number of hydrogen-bond donors (Lipinski definition) is 0. The topological polar surface area (TPSA) is 63.0 Å². The van der Waals surface area contributed by atoms with Crippen LogP contribution in [0.2, 0.25) is 0 Å². The van der Waals surface area contributed by atoms with Crippen molar-refractivity contribution in [2.75, 3.05) is 0 Å². The van der Waals surface area contributed by atoms with E-state index < -0.39 is 11.5 Å². The van der Waals surface area contributed by atoms with Gasteiger partial charge in [0, 0.05) is 17.1 Å². The van der Waals surface area contributed by atoms with Crippen molar-refractivity contribution in [2.24, 2.45) is 0 Å². The van der Waals surface area contributed by atoms with E-state index >= 15 is 0 Å². The molecule has 114 valence electrons. The van der Waals surface area contributed by atoms with Crippen LogP contribution in [0.5, 0.6) is 0 Å². The third-order valence-electron chi connectivity index (χ3n) is 3.39. The van der Waals surface area contributed by atoms with Gasteiger partial charge in [0.1, 0.15) is 11.7 Å². The molecule has 2 aromatic rings. The zero-order chi connectivity index (χ0) is 16.3. The van der Waals surface area contributed by atoms with Gasteiger partial charge in [0.25, 0.3) is 0 Å². The molecule has 4 heteroatoms. The van der Waals surface area contributed by atoms with Crippen LogP contribution in [0.4, 0.5) is 0 Å². The lowest BCUT2D eigenvalue weighted by Gasteiger charge is -2.24. The Morgan fingerprint density at radius 3 is 2.64 bits per heavy atom. The van der Waals surface area contributed by atoms with Gasteiger partial charge >= 0.3 is 5.97 Å². The highest BCUT2D eigenvalue weighted by atomic mass is 16.6. The fraction of sp³-hybridized carbons (Fsp3) is 0.389. The van der Waals surface area contributed by atoms with Crippen molar-refractivity contribution >= 4 is 16.9 Å². The minimum atomic E-state index is -0.554. The number of carbonyl (C=O) groups is 1. The van der Waals surface area contributed by atoms with Crippen molar-refractivity contribution in [3.05, 3.63) is 41.6 Å². The van der Waals surface area contributed by atoms with Gasteiger partial charge in [-0.15, -0.1) is 0 Å². The Morgan fingerprint density at radius 2 is 2.05 bits per heavy atom. The van der Waals surface area contributed by atoms with E-state index in [0.717, 1.165) is 10.9 Å². The van der Waals surface area contributed by atoms with Crippen molar-refractivity contribution < 1.29 is 9.53 Å². The molecule has 0 amide bonds. The van der Waals surface area contributed by atoms with Crippen LogP contribution in [0, 0.1) is 11.3 Å². The summed E-state index contributed by atoms with van der Waals surface area (Å²) >= 11 is 0. The number of fused-ring (bicyclic) bond motifs is 1. The predicted molar refractivity (Wildman–Crippen MR) is 85.3 cm³/mol. The standard InChI is InChI=1S/C18H20N2O2/c1-5-12(17(21)22-18(2,3)4)15-11-20-16-9-7-6-8-13(16)14(15)10-19/h6-9,11-12H,5H2,1-4H3. The summed E-state index contributed by atoms with van der Waals surface area (Å²) in [6.07, 6.45) is 2.18. The molecule has 1 atom stereocenters. The molecule has 1 heterocycles. The highest BCUT2D eigenvalue weighted by molar-refractivity contribution is 5.88. The molecule has 0 saturated carbocycles. The second-order valence-electron chi connectivity index (χ2n) is 6.21. The fourth-order valence-corrected chi connectivity index (χ4v) is 2.43. The number of benzene rings is 1. The molecule has 2 rings (SSSR count). The van der Waals surface area contributed by atoms with Crippen LogP contribution in [0.25, 0.3) is 10.9 Å². The predicted octanol–water partition coefficient (Wildman–Crippen LogP) is 3.94. The number of nitrogens with zero attached hydrogens (tertiary/aromatic N) is 2. The second-order valence-corrected chi connectivity index (χ2v) is 6.21. The van der Waals surface area contributed by atoms with Crippen LogP contribution in [-0.4, -0.2) is 16.6 Å². The minimum Gasteiger partial charge on any atom is -0.459 e. The third kappa shape index (κ3) is 3.25. The lowest BCUT2D eigenvalue weighted by molar-refractivity contribution is -0.156. The van der Waals surface area contributed by atoms with Crippen molar-refractivity contribution in [3.63, 3.8) is 0 Å². The Morgan fingerprint density at radius 1 is 1.36 bits per heavy atom. The first-order valence-corrected chi connectivity index (χ1v) is 7.38. The van der Waals surface area contributed by atoms with Crippen LogP contribution in [-0.2, 0) is 9.53 Å². The van der Waals surface area contributed by atoms with E-state index in [-0.39, 0.29) is 5.97 Å². The number of aromatic nitrogens is 1. The third-order valence-corrected chi connectivity index (χ3v) is 3.39. The van der Waals surface area contributed by atoms with Crippen molar-refractivity contribution in [1.82, 2.24) is 4.98 Å². The highest BCUT2D eigenvalue weighted by Gasteiger charge is 2.28. The number of hydrogen-bond acceptors (Lipinski definition) is 4. The van der Waals surface area contributed by atoms with Crippen LogP contribution >= 0.6 is 0 Å². The summed E-state index contributed by atoms with van der Waals surface area (Å²) in [5, 5.41) is 10.3. The van der Waals surface area contributed by atoms with Gasteiger partial charge in [-0.1, -0.05) is 25.1 Å². The summed E-state index contributed by atoms with van der Waals surface area (Å²) in [5.74, 6) is -0.797. The number of esters is 1. The maximum Gasteiger partial charge on any atom is 0.314 e. The van der Waals surface area contributed by atoms with E-state index in [0.29, 0.717) is 17.5 Å². The van der Waals surface area contributed by atoms with Gasteiger partial charge in [-0.25, -0.2) is 0 Å². The molecular weight excluding hydrogens is 276 g/mol. The maximum absolute atomic E-state index is 12.4. The molecule has 22 heavy (non-hydrogen) atoms. The van der Waals surface area contributed by atoms with E-state index in [1.165, 1.54) is 0 Å². The molecule has 0 aliphatic heterocycles. The zero-order valence-corrected chi connectivity index (χ0v) is 13.4.